The molecule has 1 amide bonds. The molecule has 4 nitrogen and oxygen atoms in total. The Morgan fingerprint density at radius 2 is 2.44 bits per heavy atom. The monoisotopic (exact) mass is 267 g/mol. The van der Waals surface area contributed by atoms with Crippen molar-refractivity contribution in [2.45, 2.75) is 39.2 Å². The molecule has 1 aromatic rings. The molecule has 2 rings (SSSR count). The zero-order valence-corrected chi connectivity index (χ0v) is 11.9. The Labute approximate surface area is 112 Å². The summed E-state index contributed by atoms with van der Waals surface area (Å²) in [4.78, 5) is 19.2. The summed E-state index contributed by atoms with van der Waals surface area (Å²) in [5, 5.41) is 4.44. The molecule has 1 fully saturated rings. The fourth-order valence-electron chi connectivity index (χ4n) is 2.32. The van der Waals surface area contributed by atoms with E-state index in [0.29, 0.717) is 6.04 Å². The number of hydrogen-bond donors (Lipinski definition) is 1. The van der Waals surface area contributed by atoms with Gasteiger partial charge in [-0.15, -0.1) is 11.3 Å². The zero-order chi connectivity index (χ0) is 13.0. The molecule has 0 spiro atoms. The Kier molecular flexibility index (Phi) is 4.72. The van der Waals surface area contributed by atoms with Crippen molar-refractivity contribution in [3.8, 4) is 0 Å². The molecule has 18 heavy (non-hydrogen) atoms. The van der Waals surface area contributed by atoms with Crippen molar-refractivity contribution in [2.75, 3.05) is 19.6 Å². The zero-order valence-electron chi connectivity index (χ0n) is 11.1. The molecule has 1 aliphatic rings. The number of rotatable bonds is 4. The van der Waals surface area contributed by atoms with Crippen LogP contribution in [-0.4, -0.2) is 41.5 Å². The van der Waals surface area contributed by atoms with Crippen LogP contribution in [0.4, 0.5) is 0 Å². The predicted molar refractivity (Wildman–Crippen MR) is 74.1 cm³/mol. The van der Waals surface area contributed by atoms with Crippen molar-refractivity contribution >= 4 is 17.2 Å². The number of piperidine rings is 1. The number of nitrogens with zero attached hydrogens (tertiary/aromatic N) is 2. The lowest BCUT2D eigenvalue weighted by Crippen LogP contribution is -2.45. The third-order valence-electron chi connectivity index (χ3n) is 3.35. The van der Waals surface area contributed by atoms with E-state index < -0.39 is 0 Å². The minimum atomic E-state index is 0.121. The van der Waals surface area contributed by atoms with Crippen LogP contribution in [-0.2, 0) is 0 Å². The number of carbonyl (C=O) groups excluding carboxylic acids is 1. The van der Waals surface area contributed by atoms with Gasteiger partial charge in [0.25, 0.3) is 5.91 Å². The van der Waals surface area contributed by atoms with E-state index in [-0.39, 0.29) is 5.91 Å². The summed E-state index contributed by atoms with van der Waals surface area (Å²) in [7, 11) is 0. The van der Waals surface area contributed by atoms with Gasteiger partial charge in [0.15, 0.2) is 0 Å². The first-order valence-electron chi connectivity index (χ1n) is 6.65. The fraction of sp³-hybridized carbons (Fsp3) is 0.692. The van der Waals surface area contributed by atoms with Gasteiger partial charge in [0.05, 0.1) is 11.2 Å². The Hall–Kier alpha value is -0.940. The number of likely N-dealkylation sites (N-methyl/N-ethyl adjacent to an activating group) is 1. The molecular weight excluding hydrogens is 246 g/mol. The van der Waals surface area contributed by atoms with Crippen LogP contribution in [0.25, 0.3) is 0 Å². The Bertz CT molecular complexity index is 399. The molecule has 0 aromatic carbocycles. The van der Waals surface area contributed by atoms with E-state index in [1.807, 2.05) is 18.7 Å². The second kappa shape index (κ2) is 6.29. The maximum Gasteiger partial charge on any atom is 0.265 e. The molecule has 0 radical (unpaired) electrons. The summed E-state index contributed by atoms with van der Waals surface area (Å²) in [6, 6.07) is 0.455. The van der Waals surface area contributed by atoms with Gasteiger partial charge in [-0.1, -0.05) is 6.42 Å². The van der Waals surface area contributed by atoms with E-state index in [9.17, 15) is 4.79 Å². The van der Waals surface area contributed by atoms with Gasteiger partial charge >= 0.3 is 0 Å². The third-order valence-corrected chi connectivity index (χ3v) is 4.25. The highest BCUT2D eigenvalue weighted by molar-refractivity contribution is 7.13. The van der Waals surface area contributed by atoms with Gasteiger partial charge in [-0.05, 0) is 33.2 Å². The molecule has 1 atom stereocenters. The van der Waals surface area contributed by atoms with Gasteiger partial charge < -0.3 is 10.2 Å². The van der Waals surface area contributed by atoms with Crippen molar-refractivity contribution in [1.82, 2.24) is 15.2 Å². The van der Waals surface area contributed by atoms with E-state index in [4.69, 9.17) is 0 Å². The molecule has 2 heterocycles. The van der Waals surface area contributed by atoms with Crippen LogP contribution in [0.5, 0.6) is 0 Å². The van der Waals surface area contributed by atoms with Crippen molar-refractivity contribution in [2.24, 2.45) is 0 Å². The molecule has 1 aliphatic heterocycles. The molecule has 1 unspecified atom stereocenters. The highest BCUT2D eigenvalue weighted by Gasteiger charge is 2.21. The van der Waals surface area contributed by atoms with Crippen LogP contribution < -0.4 is 5.32 Å². The van der Waals surface area contributed by atoms with Gasteiger partial charge in [-0.25, -0.2) is 4.98 Å². The number of thiazole rings is 1. The average molecular weight is 267 g/mol. The number of aryl methyl sites for hydroxylation is 1. The number of amides is 1. The Morgan fingerprint density at radius 3 is 3.00 bits per heavy atom. The molecule has 0 saturated carbocycles. The topological polar surface area (TPSA) is 45.2 Å². The fourth-order valence-corrected chi connectivity index (χ4v) is 3.06. The van der Waals surface area contributed by atoms with Crippen LogP contribution >= 0.6 is 11.3 Å². The summed E-state index contributed by atoms with van der Waals surface area (Å²) in [5.41, 5.74) is 0. The van der Waals surface area contributed by atoms with Crippen molar-refractivity contribution in [1.29, 1.82) is 0 Å². The number of hydrogen-bond acceptors (Lipinski definition) is 4. The maximum absolute atomic E-state index is 12.3. The van der Waals surface area contributed by atoms with Gasteiger partial charge in [0, 0.05) is 19.1 Å². The summed E-state index contributed by atoms with van der Waals surface area (Å²) < 4.78 is 0. The molecule has 1 aromatic heterocycles. The summed E-state index contributed by atoms with van der Waals surface area (Å²) in [6.07, 6.45) is 5.39. The van der Waals surface area contributed by atoms with Crippen LogP contribution in [0.1, 0.15) is 40.9 Å². The summed E-state index contributed by atoms with van der Waals surface area (Å²) in [6.45, 7) is 6.62. The van der Waals surface area contributed by atoms with E-state index in [1.165, 1.54) is 30.6 Å². The standard InChI is InChI=1S/C13H21N3OS/c1-3-16(9-11-6-4-5-7-14-11)13(17)12-8-15-10(2)18-12/h8,11,14H,3-7,9H2,1-2H3. The molecule has 1 N–H and O–H groups in total. The van der Waals surface area contributed by atoms with Gasteiger partial charge in [-0.3, -0.25) is 4.79 Å². The molecule has 100 valence electrons. The highest BCUT2D eigenvalue weighted by atomic mass is 32.1. The van der Waals surface area contributed by atoms with Crippen LogP contribution in [0, 0.1) is 6.92 Å². The van der Waals surface area contributed by atoms with E-state index in [0.717, 1.165) is 29.5 Å². The largest absolute Gasteiger partial charge is 0.337 e. The molecule has 1 saturated heterocycles. The van der Waals surface area contributed by atoms with Crippen LogP contribution in [0.2, 0.25) is 0 Å². The second-order valence-corrected chi connectivity index (χ2v) is 5.97. The minimum Gasteiger partial charge on any atom is -0.337 e. The molecular formula is C13H21N3OS. The number of aromatic nitrogens is 1. The highest BCUT2D eigenvalue weighted by Crippen LogP contribution is 2.16. The van der Waals surface area contributed by atoms with Crippen molar-refractivity contribution in [3.63, 3.8) is 0 Å². The SMILES string of the molecule is CCN(CC1CCCCN1)C(=O)c1cnc(C)s1. The van der Waals surface area contributed by atoms with E-state index in [2.05, 4.69) is 10.3 Å². The lowest BCUT2D eigenvalue weighted by Gasteiger charge is -2.29. The van der Waals surface area contributed by atoms with Crippen LogP contribution in [0.15, 0.2) is 6.20 Å². The smallest absolute Gasteiger partial charge is 0.265 e. The quantitative estimate of drug-likeness (QED) is 0.908. The van der Waals surface area contributed by atoms with Crippen LogP contribution in [0.3, 0.4) is 0 Å². The molecule has 5 heteroatoms. The van der Waals surface area contributed by atoms with Gasteiger partial charge in [0.2, 0.25) is 0 Å². The normalized spacial score (nSPS) is 19.8. The average Bonchev–Trinajstić information content (AvgIpc) is 2.83. The summed E-state index contributed by atoms with van der Waals surface area (Å²) >= 11 is 1.48. The molecule has 0 bridgehead atoms. The first kappa shape index (κ1) is 13.5. The Morgan fingerprint density at radius 1 is 1.61 bits per heavy atom. The lowest BCUT2D eigenvalue weighted by atomic mass is 10.0. The van der Waals surface area contributed by atoms with Crippen molar-refractivity contribution < 1.29 is 4.79 Å². The maximum atomic E-state index is 12.3. The van der Waals surface area contributed by atoms with E-state index in [1.54, 1.807) is 6.20 Å². The number of carbonyl (C=O) groups is 1. The molecule has 0 aliphatic carbocycles. The summed E-state index contributed by atoms with van der Waals surface area (Å²) in [5.74, 6) is 0.121. The first-order chi connectivity index (χ1) is 8.70. The Balaban J connectivity index is 1.97. The first-order valence-corrected chi connectivity index (χ1v) is 7.47. The third kappa shape index (κ3) is 3.29. The minimum absolute atomic E-state index is 0.121. The van der Waals surface area contributed by atoms with Gasteiger partial charge in [-0.2, -0.15) is 0 Å². The van der Waals surface area contributed by atoms with Crippen molar-refractivity contribution in [3.05, 3.63) is 16.1 Å². The predicted octanol–water partition coefficient (Wildman–Crippen LogP) is 2.06. The number of nitrogens with one attached hydrogen (secondary N) is 1. The van der Waals surface area contributed by atoms with E-state index >= 15 is 0 Å². The van der Waals surface area contributed by atoms with Gasteiger partial charge in [0.1, 0.15) is 4.88 Å². The lowest BCUT2D eigenvalue weighted by molar-refractivity contribution is 0.0746. The second-order valence-electron chi connectivity index (χ2n) is 4.73.